The SMILES string of the molecule is CCCC(CC1CC(=O)c2c(C)c(CC(CCCC(=O)CC)CCCC(=O)CC)cc(C(C)C)c2C1)C(CC)C(=O)CC(C)=O. The molecule has 0 spiro atoms. The Morgan fingerprint density at radius 3 is 1.98 bits per heavy atom. The van der Waals surface area contributed by atoms with E-state index in [0.717, 1.165) is 75.3 Å². The maximum Gasteiger partial charge on any atom is 0.163 e. The van der Waals surface area contributed by atoms with Crippen molar-refractivity contribution in [2.24, 2.45) is 23.7 Å². The van der Waals surface area contributed by atoms with Crippen LogP contribution in [-0.2, 0) is 32.0 Å². The fourth-order valence-corrected chi connectivity index (χ4v) is 7.80. The molecule has 1 aliphatic carbocycles. The molecule has 0 saturated heterocycles. The first kappa shape index (κ1) is 38.8. The highest BCUT2D eigenvalue weighted by atomic mass is 16.2. The van der Waals surface area contributed by atoms with Gasteiger partial charge in [0.25, 0.3) is 0 Å². The summed E-state index contributed by atoms with van der Waals surface area (Å²) >= 11 is 0. The fraction of sp³-hybridized carbons (Fsp3) is 0.725. The van der Waals surface area contributed by atoms with Gasteiger partial charge in [-0.05, 0) is 111 Å². The average molecular weight is 623 g/mol. The molecule has 0 aliphatic heterocycles. The van der Waals surface area contributed by atoms with Crippen LogP contribution in [0.25, 0.3) is 0 Å². The molecule has 45 heavy (non-hydrogen) atoms. The van der Waals surface area contributed by atoms with Crippen LogP contribution in [0, 0.1) is 30.6 Å². The predicted octanol–water partition coefficient (Wildman–Crippen LogP) is 9.70. The molecule has 5 heteroatoms. The zero-order chi connectivity index (χ0) is 33.7. The molecule has 2 rings (SSSR count). The monoisotopic (exact) mass is 622 g/mol. The Morgan fingerprint density at radius 2 is 1.49 bits per heavy atom. The number of carbonyl (C=O) groups excluding carboxylic acids is 5. The topological polar surface area (TPSA) is 85.3 Å². The summed E-state index contributed by atoms with van der Waals surface area (Å²) in [7, 11) is 0. The van der Waals surface area contributed by atoms with Gasteiger partial charge in [0.1, 0.15) is 23.1 Å². The van der Waals surface area contributed by atoms with Crippen LogP contribution in [0.4, 0.5) is 0 Å². The molecule has 0 amide bonds. The van der Waals surface area contributed by atoms with E-state index < -0.39 is 0 Å². The molecule has 0 saturated carbocycles. The zero-order valence-corrected chi connectivity index (χ0v) is 29.8. The van der Waals surface area contributed by atoms with Crippen molar-refractivity contribution in [2.45, 2.75) is 164 Å². The number of hydrogen-bond acceptors (Lipinski definition) is 5. The Balaban J connectivity index is 2.37. The quantitative estimate of drug-likeness (QED) is 0.120. The van der Waals surface area contributed by atoms with E-state index in [-0.39, 0.29) is 47.4 Å². The molecule has 0 fully saturated rings. The van der Waals surface area contributed by atoms with Crippen LogP contribution in [0.5, 0.6) is 0 Å². The highest BCUT2D eigenvalue weighted by Crippen LogP contribution is 2.40. The molecule has 1 aromatic rings. The molecular formula is C40H62O5. The molecule has 3 atom stereocenters. The Hall–Kier alpha value is -2.43. The molecule has 0 radical (unpaired) electrons. The number of hydrogen-bond donors (Lipinski definition) is 0. The van der Waals surface area contributed by atoms with E-state index in [2.05, 4.69) is 33.8 Å². The number of rotatable bonds is 22. The van der Waals surface area contributed by atoms with E-state index in [1.54, 1.807) is 0 Å². The normalized spacial score (nSPS) is 16.1. The van der Waals surface area contributed by atoms with E-state index in [1.807, 2.05) is 20.8 Å². The molecule has 252 valence electrons. The first-order valence-corrected chi connectivity index (χ1v) is 18.1. The van der Waals surface area contributed by atoms with Crippen molar-refractivity contribution in [1.82, 2.24) is 0 Å². The minimum absolute atomic E-state index is 0.00936. The molecule has 0 aromatic heterocycles. The van der Waals surface area contributed by atoms with Gasteiger partial charge in [-0.1, -0.05) is 60.5 Å². The van der Waals surface area contributed by atoms with Crippen molar-refractivity contribution in [2.75, 3.05) is 0 Å². The van der Waals surface area contributed by atoms with Crippen molar-refractivity contribution in [1.29, 1.82) is 0 Å². The summed E-state index contributed by atoms with van der Waals surface area (Å²) in [6, 6.07) is 2.35. The Morgan fingerprint density at radius 1 is 0.889 bits per heavy atom. The fourth-order valence-electron chi connectivity index (χ4n) is 7.80. The minimum atomic E-state index is -0.129. The van der Waals surface area contributed by atoms with E-state index in [4.69, 9.17) is 0 Å². The first-order valence-electron chi connectivity index (χ1n) is 18.1. The van der Waals surface area contributed by atoms with Gasteiger partial charge in [0.15, 0.2) is 5.78 Å². The van der Waals surface area contributed by atoms with E-state index in [9.17, 15) is 24.0 Å². The number of benzene rings is 1. The second-order valence-electron chi connectivity index (χ2n) is 14.2. The Bertz CT molecular complexity index is 1150. The third-order valence-electron chi connectivity index (χ3n) is 10.3. The van der Waals surface area contributed by atoms with Crippen LogP contribution in [0.1, 0.15) is 177 Å². The lowest BCUT2D eigenvalue weighted by molar-refractivity contribution is -0.130. The summed E-state index contributed by atoms with van der Waals surface area (Å²) in [6.07, 6.45) is 11.7. The molecule has 0 heterocycles. The summed E-state index contributed by atoms with van der Waals surface area (Å²) < 4.78 is 0. The standard InChI is InChI=1S/C40H62O5/c1-9-15-31(35(12-4)38(44)20-27(7)41)22-30-23-37-36(26(5)6)25-32(28(8)40(37)39(45)24-30)21-29(16-13-18-33(42)10-2)17-14-19-34(43)11-3/h25-26,29-31,35H,9-24H2,1-8H3. The molecule has 1 aromatic carbocycles. The summed E-state index contributed by atoms with van der Waals surface area (Å²) in [4.78, 5) is 62.8. The summed E-state index contributed by atoms with van der Waals surface area (Å²) in [5, 5.41) is 0. The van der Waals surface area contributed by atoms with Crippen LogP contribution in [0.15, 0.2) is 6.07 Å². The van der Waals surface area contributed by atoms with Gasteiger partial charge in [-0.3, -0.25) is 24.0 Å². The van der Waals surface area contributed by atoms with Gasteiger partial charge >= 0.3 is 0 Å². The van der Waals surface area contributed by atoms with Gasteiger partial charge in [-0.2, -0.15) is 0 Å². The Labute approximate surface area is 274 Å². The number of carbonyl (C=O) groups is 5. The van der Waals surface area contributed by atoms with Crippen LogP contribution in [-0.4, -0.2) is 28.9 Å². The average Bonchev–Trinajstić information content (AvgIpc) is 2.97. The van der Waals surface area contributed by atoms with Gasteiger partial charge in [0.05, 0.1) is 6.42 Å². The number of fused-ring (bicyclic) bond motifs is 1. The third-order valence-corrected chi connectivity index (χ3v) is 10.3. The molecule has 3 unspecified atom stereocenters. The largest absolute Gasteiger partial charge is 0.300 e. The van der Waals surface area contributed by atoms with Gasteiger partial charge in [-0.25, -0.2) is 0 Å². The van der Waals surface area contributed by atoms with Crippen molar-refractivity contribution in [3.63, 3.8) is 0 Å². The lowest BCUT2D eigenvalue weighted by Gasteiger charge is -2.34. The van der Waals surface area contributed by atoms with Gasteiger partial charge in [-0.15, -0.1) is 0 Å². The van der Waals surface area contributed by atoms with Crippen molar-refractivity contribution >= 4 is 28.9 Å². The lowest BCUT2D eigenvalue weighted by atomic mass is 9.70. The molecule has 0 N–H and O–H groups in total. The smallest absolute Gasteiger partial charge is 0.163 e. The van der Waals surface area contributed by atoms with Crippen LogP contribution >= 0.6 is 0 Å². The molecule has 5 nitrogen and oxygen atoms in total. The van der Waals surface area contributed by atoms with Crippen LogP contribution in [0.2, 0.25) is 0 Å². The van der Waals surface area contributed by atoms with E-state index in [1.165, 1.54) is 23.6 Å². The molecular weight excluding hydrogens is 560 g/mol. The highest BCUT2D eigenvalue weighted by molar-refractivity contribution is 6.01. The second-order valence-corrected chi connectivity index (χ2v) is 14.2. The summed E-state index contributed by atoms with van der Waals surface area (Å²) in [5.74, 6) is 1.72. The van der Waals surface area contributed by atoms with Gasteiger partial charge in [0, 0.05) is 43.6 Å². The van der Waals surface area contributed by atoms with E-state index >= 15 is 0 Å². The lowest BCUT2D eigenvalue weighted by Crippen LogP contribution is -2.30. The van der Waals surface area contributed by atoms with Crippen LogP contribution in [0.3, 0.4) is 0 Å². The third kappa shape index (κ3) is 11.7. The maximum atomic E-state index is 14.0. The maximum absolute atomic E-state index is 14.0. The van der Waals surface area contributed by atoms with Crippen molar-refractivity contribution in [3.05, 3.63) is 33.9 Å². The zero-order valence-electron chi connectivity index (χ0n) is 29.8. The highest BCUT2D eigenvalue weighted by Gasteiger charge is 2.35. The number of ketones is 5. The summed E-state index contributed by atoms with van der Waals surface area (Å²) in [5.41, 5.74) is 5.72. The van der Waals surface area contributed by atoms with Gasteiger partial charge < -0.3 is 0 Å². The summed E-state index contributed by atoms with van der Waals surface area (Å²) in [6.45, 7) is 16.1. The van der Waals surface area contributed by atoms with Crippen molar-refractivity contribution < 1.29 is 24.0 Å². The minimum Gasteiger partial charge on any atom is -0.300 e. The first-order chi connectivity index (χ1) is 21.4. The van der Waals surface area contributed by atoms with E-state index in [0.29, 0.717) is 49.6 Å². The number of Topliss-reactive ketones (excluding diaryl/α,β-unsaturated/α-hetero) is 5. The molecule has 0 bridgehead atoms. The second kappa shape index (κ2) is 19.3. The Kier molecular flexibility index (Phi) is 16.6. The molecule has 1 aliphatic rings. The van der Waals surface area contributed by atoms with Crippen molar-refractivity contribution in [3.8, 4) is 0 Å². The van der Waals surface area contributed by atoms with Gasteiger partial charge in [0.2, 0.25) is 0 Å². The predicted molar refractivity (Wildman–Crippen MR) is 184 cm³/mol. The van der Waals surface area contributed by atoms with Crippen LogP contribution < -0.4 is 0 Å².